The Labute approximate surface area is 212 Å². The lowest BCUT2D eigenvalue weighted by Crippen LogP contribution is -2.26. The van der Waals surface area contributed by atoms with Crippen LogP contribution in [0.4, 0.5) is 17.1 Å². The maximum absolute atomic E-state index is 13.2. The predicted molar refractivity (Wildman–Crippen MR) is 140 cm³/mol. The molecule has 182 valence electrons. The van der Waals surface area contributed by atoms with Crippen LogP contribution in [0.1, 0.15) is 30.8 Å². The molecular formula is C28H23N7O2. The maximum atomic E-state index is 13.2. The highest BCUT2D eigenvalue weighted by Gasteiger charge is 2.29. The van der Waals surface area contributed by atoms with E-state index in [9.17, 15) is 9.59 Å². The minimum Gasteiger partial charge on any atom is -0.323 e. The van der Waals surface area contributed by atoms with E-state index in [0.29, 0.717) is 23.5 Å². The number of amides is 2. The Balaban J connectivity index is 1.35. The smallest absolute Gasteiger partial charge is 0.241 e. The first-order valence-electron chi connectivity index (χ1n) is 12.0. The number of hydrogen-bond acceptors (Lipinski definition) is 6. The van der Waals surface area contributed by atoms with E-state index in [1.165, 1.54) is 0 Å². The van der Waals surface area contributed by atoms with E-state index in [-0.39, 0.29) is 24.2 Å². The fourth-order valence-electron chi connectivity index (χ4n) is 4.75. The summed E-state index contributed by atoms with van der Waals surface area (Å²) in [7, 11) is 0. The first kappa shape index (κ1) is 22.5. The van der Waals surface area contributed by atoms with Gasteiger partial charge in [0, 0.05) is 28.9 Å². The molecule has 0 fully saturated rings. The average molecular weight is 490 g/mol. The number of nitrogens with zero attached hydrogens (tertiary/aromatic N) is 6. The number of tetrazole rings is 1. The fraction of sp³-hybridized carbons (Fsp3) is 0.143. The molecular weight excluding hydrogens is 466 g/mol. The van der Waals surface area contributed by atoms with E-state index < -0.39 is 0 Å². The van der Waals surface area contributed by atoms with Gasteiger partial charge in [-0.1, -0.05) is 43.3 Å². The van der Waals surface area contributed by atoms with Crippen molar-refractivity contribution >= 4 is 39.6 Å². The molecule has 37 heavy (non-hydrogen) atoms. The molecule has 0 saturated heterocycles. The van der Waals surface area contributed by atoms with E-state index in [1.54, 1.807) is 15.8 Å². The molecule has 5 aromatic rings. The van der Waals surface area contributed by atoms with E-state index in [0.717, 1.165) is 28.0 Å². The van der Waals surface area contributed by atoms with Crippen LogP contribution in [-0.2, 0) is 16.0 Å². The third kappa shape index (κ3) is 4.20. The highest BCUT2D eigenvalue weighted by Crippen LogP contribution is 2.40. The first-order chi connectivity index (χ1) is 18.1. The third-order valence-corrected chi connectivity index (χ3v) is 6.50. The Morgan fingerprint density at radius 2 is 1.70 bits per heavy atom. The summed E-state index contributed by atoms with van der Waals surface area (Å²) >= 11 is 0. The van der Waals surface area contributed by atoms with Crippen LogP contribution in [0.25, 0.3) is 16.5 Å². The van der Waals surface area contributed by atoms with Crippen LogP contribution in [0.2, 0.25) is 0 Å². The molecule has 6 rings (SSSR count). The number of carbonyl (C=O) groups is 2. The number of aromatic nitrogens is 5. The molecule has 3 heterocycles. The van der Waals surface area contributed by atoms with Gasteiger partial charge < -0.3 is 5.32 Å². The van der Waals surface area contributed by atoms with Crippen LogP contribution < -0.4 is 10.2 Å². The van der Waals surface area contributed by atoms with Crippen molar-refractivity contribution in [2.45, 2.75) is 25.7 Å². The van der Waals surface area contributed by atoms with Gasteiger partial charge in [0.15, 0.2) is 5.82 Å². The van der Waals surface area contributed by atoms with Gasteiger partial charge in [0.05, 0.1) is 17.1 Å². The second-order valence-electron chi connectivity index (χ2n) is 9.03. The number of anilines is 3. The molecule has 1 N–H and O–H groups in total. The minimum absolute atomic E-state index is 0.0361. The van der Waals surface area contributed by atoms with Crippen molar-refractivity contribution in [1.29, 1.82) is 0 Å². The number of carbonyl (C=O) groups excluding carboxylic acids is 2. The Hall–Kier alpha value is -4.92. The summed E-state index contributed by atoms with van der Waals surface area (Å²) in [4.78, 5) is 31.7. The SMILES string of the molecule is CC(Cc1ccccn1)c1nnnn1-c1ccc(N2C(=O)CC(=O)Nc3c2ccc2ccccc32)cc1. The zero-order chi connectivity index (χ0) is 25.4. The summed E-state index contributed by atoms with van der Waals surface area (Å²) in [5.41, 5.74) is 3.65. The molecule has 0 aliphatic carbocycles. The monoisotopic (exact) mass is 489 g/mol. The molecule has 1 atom stereocenters. The average Bonchev–Trinajstić information content (AvgIpc) is 3.36. The van der Waals surface area contributed by atoms with Gasteiger partial charge in [-0.25, -0.2) is 0 Å². The van der Waals surface area contributed by atoms with Crippen molar-refractivity contribution in [1.82, 2.24) is 25.2 Å². The number of hydrogen-bond donors (Lipinski definition) is 1. The second-order valence-corrected chi connectivity index (χ2v) is 9.03. The van der Waals surface area contributed by atoms with Gasteiger partial charge in [-0.15, -0.1) is 5.10 Å². The maximum Gasteiger partial charge on any atom is 0.241 e. The third-order valence-electron chi connectivity index (χ3n) is 6.50. The molecule has 0 radical (unpaired) electrons. The van der Waals surface area contributed by atoms with E-state index in [4.69, 9.17) is 0 Å². The zero-order valence-electron chi connectivity index (χ0n) is 20.1. The Morgan fingerprint density at radius 1 is 0.919 bits per heavy atom. The van der Waals surface area contributed by atoms with Crippen molar-refractivity contribution in [2.24, 2.45) is 0 Å². The zero-order valence-corrected chi connectivity index (χ0v) is 20.1. The van der Waals surface area contributed by atoms with Gasteiger partial charge in [-0.05, 0) is 64.7 Å². The summed E-state index contributed by atoms with van der Waals surface area (Å²) < 4.78 is 1.70. The summed E-state index contributed by atoms with van der Waals surface area (Å²) in [6.45, 7) is 2.06. The second kappa shape index (κ2) is 9.27. The van der Waals surface area contributed by atoms with Gasteiger partial charge in [0.2, 0.25) is 11.8 Å². The normalized spacial score (nSPS) is 14.2. The molecule has 9 nitrogen and oxygen atoms in total. The molecule has 2 amide bonds. The topological polar surface area (TPSA) is 106 Å². The number of pyridine rings is 1. The lowest BCUT2D eigenvalue weighted by molar-refractivity contribution is -0.124. The molecule has 0 saturated carbocycles. The quantitative estimate of drug-likeness (QED) is 0.363. The molecule has 0 spiro atoms. The minimum atomic E-state index is -0.332. The van der Waals surface area contributed by atoms with E-state index >= 15 is 0 Å². The van der Waals surface area contributed by atoms with Crippen molar-refractivity contribution in [3.05, 3.63) is 96.6 Å². The van der Waals surface area contributed by atoms with Gasteiger partial charge in [-0.3, -0.25) is 19.5 Å². The van der Waals surface area contributed by atoms with Crippen LogP contribution in [-0.4, -0.2) is 37.0 Å². The van der Waals surface area contributed by atoms with Crippen molar-refractivity contribution < 1.29 is 9.59 Å². The lowest BCUT2D eigenvalue weighted by Gasteiger charge is -2.23. The van der Waals surface area contributed by atoms with Gasteiger partial charge in [-0.2, -0.15) is 4.68 Å². The summed E-state index contributed by atoms with van der Waals surface area (Å²) in [6, 6.07) is 24.9. The summed E-state index contributed by atoms with van der Waals surface area (Å²) in [5, 5.41) is 17.1. The van der Waals surface area contributed by atoms with Crippen molar-refractivity contribution in [3.8, 4) is 5.69 Å². The van der Waals surface area contributed by atoms with Crippen molar-refractivity contribution in [3.63, 3.8) is 0 Å². The highest BCUT2D eigenvalue weighted by atomic mass is 16.2. The van der Waals surface area contributed by atoms with Gasteiger partial charge in [0.25, 0.3) is 0 Å². The molecule has 3 aromatic carbocycles. The lowest BCUT2D eigenvalue weighted by atomic mass is 10.0. The van der Waals surface area contributed by atoms with Gasteiger partial charge >= 0.3 is 0 Å². The summed E-state index contributed by atoms with van der Waals surface area (Å²) in [5.74, 6) is 0.123. The van der Waals surface area contributed by atoms with Crippen LogP contribution in [0.5, 0.6) is 0 Å². The molecule has 0 bridgehead atoms. The molecule has 1 aliphatic heterocycles. The molecule has 2 aromatic heterocycles. The van der Waals surface area contributed by atoms with E-state index in [1.807, 2.05) is 78.9 Å². The van der Waals surface area contributed by atoms with Crippen LogP contribution >= 0.6 is 0 Å². The van der Waals surface area contributed by atoms with Crippen LogP contribution in [0, 0.1) is 0 Å². The first-order valence-corrected chi connectivity index (χ1v) is 12.0. The Bertz CT molecular complexity index is 1610. The summed E-state index contributed by atoms with van der Waals surface area (Å²) in [6.07, 6.45) is 2.23. The standard InChI is InChI=1S/C28H23N7O2/c1-18(16-20-7-4-5-15-29-20)28-31-32-33-35(28)22-12-10-21(11-13-22)34-24-14-9-19-6-2-3-8-23(19)27(24)30-25(36)17-26(34)37/h2-15,18H,16-17H2,1H3,(H,30,36). The molecule has 1 unspecified atom stereocenters. The van der Waals surface area contributed by atoms with Crippen molar-refractivity contribution in [2.75, 3.05) is 10.2 Å². The predicted octanol–water partition coefficient (Wildman–Crippen LogP) is 4.56. The highest BCUT2D eigenvalue weighted by molar-refractivity contribution is 6.21. The number of nitrogens with one attached hydrogen (secondary N) is 1. The molecule has 1 aliphatic rings. The molecule has 9 heteroatoms. The number of benzene rings is 3. The number of fused-ring (bicyclic) bond motifs is 3. The fourth-order valence-corrected chi connectivity index (χ4v) is 4.75. The van der Waals surface area contributed by atoms with Crippen LogP contribution in [0.3, 0.4) is 0 Å². The van der Waals surface area contributed by atoms with E-state index in [2.05, 4.69) is 32.7 Å². The Kier molecular flexibility index (Phi) is 5.65. The largest absolute Gasteiger partial charge is 0.323 e. The number of rotatable bonds is 5. The van der Waals surface area contributed by atoms with Gasteiger partial charge in [0.1, 0.15) is 6.42 Å². The van der Waals surface area contributed by atoms with Crippen LogP contribution in [0.15, 0.2) is 85.1 Å². The Morgan fingerprint density at radius 3 is 2.51 bits per heavy atom.